The number of nitrogens with zero attached hydrogens (tertiary/aromatic N) is 3. The van der Waals surface area contributed by atoms with Crippen LogP contribution in [0.3, 0.4) is 0 Å². The van der Waals surface area contributed by atoms with Gasteiger partial charge in [-0.25, -0.2) is 4.98 Å². The van der Waals surface area contributed by atoms with Crippen molar-refractivity contribution in [2.24, 2.45) is 5.41 Å². The van der Waals surface area contributed by atoms with Gasteiger partial charge in [0, 0.05) is 19.3 Å². The number of aliphatic carboxylic acids is 1. The number of ether oxygens (including phenoxy) is 1. The van der Waals surface area contributed by atoms with Crippen molar-refractivity contribution in [1.82, 2.24) is 4.98 Å². The SMILES string of the molecule is CCOC(=O)Cc1cnc(N2CC(C)(C(=O)O)C2)c(C#N)c1. The molecule has 0 saturated carbocycles. The van der Waals surface area contributed by atoms with E-state index < -0.39 is 11.4 Å². The highest BCUT2D eigenvalue weighted by Crippen LogP contribution is 2.34. The lowest BCUT2D eigenvalue weighted by Gasteiger charge is -2.45. The topological polar surface area (TPSA) is 104 Å². The zero-order chi connectivity index (χ0) is 16.3. The van der Waals surface area contributed by atoms with Crippen LogP contribution in [0.25, 0.3) is 0 Å². The fourth-order valence-electron chi connectivity index (χ4n) is 2.39. The molecule has 0 unspecified atom stereocenters. The minimum atomic E-state index is -0.860. The fourth-order valence-corrected chi connectivity index (χ4v) is 2.39. The first kappa shape index (κ1) is 15.8. The Morgan fingerprint density at radius 2 is 2.23 bits per heavy atom. The summed E-state index contributed by atoms with van der Waals surface area (Å²) in [6.45, 7) is 4.30. The first-order valence-electron chi connectivity index (χ1n) is 6.92. The Labute approximate surface area is 128 Å². The summed E-state index contributed by atoms with van der Waals surface area (Å²) in [5, 5.41) is 18.4. The van der Waals surface area contributed by atoms with Crippen molar-refractivity contribution in [3.63, 3.8) is 0 Å². The van der Waals surface area contributed by atoms with Gasteiger partial charge < -0.3 is 14.7 Å². The van der Waals surface area contributed by atoms with E-state index in [1.807, 2.05) is 6.07 Å². The molecule has 22 heavy (non-hydrogen) atoms. The number of esters is 1. The Bertz CT molecular complexity index is 645. The molecule has 1 fully saturated rings. The third kappa shape index (κ3) is 3.01. The maximum absolute atomic E-state index is 11.4. The van der Waals surface area contributed by atoms with Gasteiger partial charge in [-0.05, 0) is 25.5 Å². The minimum absolute atomic E-state index is 0.0582. The molecule has 0 radical (unpaired) electrons. The predicted molar refractivity (Wildman–Crippen MR) is 77.2 cm³/mol. The maximum atomic E-state index is 11.4. The smallest absolute Gasteiger partial charge is 0.312 e. The highest BCUT2D eigenvalue weighted by Gasteiger charge is 2.46. The second-order valence-electron chi connectivity index (χ2n) is 5.53. The lowest BCUT2D eigenvalue weighted by molar-refractivity contribution is -0.149. The molecule has 0 bridgehead atoms. The normalized spacial score (nSPS) is 15.6. The largest absolute Gasteiger partial charge is 0.481 e. The molecule has 1 aliphatic rings. The number of rotatable bonds is 5. The standard InChI is InChI=1S/C15H17N3O4/c1-3-22-12(19)5-10-4-11(6-16)13(17-7-10)18-8-15(2,9-18)14(20)21/h4,7H,3,5,8-9H2,1-2H3,(H,20,21). The number of carboxylic acids is 1. The quantitative estimate of drug-likeness (QED) is 0.808. The molecule has 0 aromatic carbocycles. The zero-order valence-electron chi connectivity index (χ0n) is 12.5. The van der Waals surface area contributed by atoms with Gasteiger partial charge in [0.1, 0.15) is 11.9 Å². The molecule has 0 aliphatic carbocycles. The molecule has 1 aromatic heterocycles. The maximum Gasteiger partial charge on any atom is 0.312 e. The molecular formula is C15H17N3O4. The van der Waals surface area contributed by atoms with Gasteiger partial charge in [0.2, 0.25) is 0 Å². The predicted octanol–water partition coefficient (Wildman–Crippen LogP) is 0.970. The van der Waals surface area contributed by atoms with Crippen molar-refractivity contribution in [2.75, 3.05) is 24.6 Å². The van der Waals surface area contributed by atoms with Crippen molar-refractivity contribution >= 4 is 17.8 Å². The average Bonchev–Trinajstić information content (AvgIpc) is 2.44. The number of anilines is 1. The van der Waals surface area contributed by atoms with Crippen LogP contribution in [-0.2, 0) is 20.7 Å². The molecule has 1 N–H and O–H groups in total. The van der Waals surface area contributed by atoms with E-state index >= 15 is 0 Å². The Balaban J connectivity index is 2.13. The van der Waals surface area contributed by atoms with Crippen LogP contribution in [0.1, 0.15) is 25.0 Å². The van der Waals surface area contributed by atoms with Crippen LogP contribution >= 0.6 is 0 Å². The number of nitriles is 1. The fraction of sp³-hybridized carbons (Fsp3) is 0.467. The van der Waals surface area contributed by atoms with Gasteiger partial charge in [0.25, 0.3) is 0 Å². The highest BCUT2D eigenvalue weighted by atomic mass is 16.5. The number of carbonyl (C=O) groups excluding carboxylic acids is 1. The monoisotopic (exact) mass is 303 g/mol. The average molecular weight is 303 g/mol. The van der Waals surface area contributed by atoms with E-state index in [1.165, 1.54) is 6.20 Å². The molecule has 1 aliphatic heterocycles. The summed E-state index contributed by atoms with van der Waals surface area (Å²) in [5.74, 6) is -0.779. The van der Waals surface area contributed by atoms with Crippen LogP contribution in [0.4, 0.5) is 5.82 Å². The van der Waals surface area contributed by atoms with Crippen molar-refractivity contribution in [2.45, 2.75) is 20.3 Å². The number of carbonyl (C=O) groups is 2. The molecular weight excluding hydrogens is 286 g/mol. The summed E-state index contributed by atoms with van der Waals surface area (Å²) in [5.41, 5.74) is 0.118. The molecule has 2 rings (SSSR count). The number of hydrogen-bond donors (Lipinski definition) is 1. The second-order valence-corrected chi connectivity index (χ2v) is 5.53. The van der Waals surface area contributed by atoms with Crippen LogP contribution in [0.15, 0.2) is 12.3 Å². The molecule has 0 spiro atoms. The second kappa shape index (κ2) is 6.02. The van der Waals surface area contributed by atoms with Gasteiger partial charge in [0.05, 0.1) is 24.0 Å². The summed E-state index contributed by atoms with van der Waals surface area (Å²) in [6.07, 6.45) is 1.58. The number of carboxylic acid groups (broad SMARTS) is 1. The minimum Gasteiger partial charge on any atom is -0.481 e. The van der Waals surface area contributed by atoms with Crippen molar-refractivity contribution in [1.29, 1.82) is 5.26 Å². The van der Waals surface area contributed by atoms with Gasteiger partial charge in [-0.1, -0.05) is 0 Å². The van der Waals surface area contributed by atoms with Crippen LogP contribution < -0.4 is 4.90 Å². The molecule has 116 valence electrons. The first-order chi connectivity index (χ1) is 10.4. The molecule has 0 amide bonds. The molecule has 7 nitrogen and oxygen atoms in total. The molecule has 1 saturated heterocycles. The van der Waals surface area contributed by atoms with Gasteiger partial charge in [0.15, 0.2) is 0 Å². The summed E-state index contributed by atoms with van der Waals surface area (Å²) in [4.78, 5) is 28.5. The van der Waals surface area contributed by atoms with Crippen molar-refractivity contribution in [3.8, 4) is 6.07 Å². The third-order valence-electron chi connectivity index (χ3n) is 3.59. The number of pyridine rings is 1. The summed E-state index contributed by atoms with van der Waals surface area (Å²) in [7, 11) is 0. The van der Waals surface area contributed by atoms with Crippen molar-refractivity contribution < 1.29 is 19.4 Å². The van der Waals surface area contributed by atoms with Gasteiger partial charge in [-0.3, -0.25) is 9.59 Å². The van der Waals surface area contributed by atoms with E-state index in [0.717, 1.165) is 0 Å². The Hall–Kier alpha value is -2.62. The third-order valence-corrected chi connectivity index (χ3v) is 3.59. The molecule has 7 heteroatoms. The molecule has 0 atom stereocenters. The molecule has 2 heterocycles. The van der Waals surface area contributed by atoms with E-state index in [-0.39, 0.29) is 12.4 Å². The Kier molecular flexibility index (Phi) is 4.31. The summed E-state index contributed by atoms with van der Waals surface area (Å²) in [6, 6.07) is 3.64. The van der Waals surface area contributed by atoms with Gasteiger partial charge in [-0.2, -0.15) is 5.26 Å². The van der Waals surface area contributed by atoms with E-state index in [9.17, 15) is 14.9 Å². The zero-order valence-corrected chi connectivity index (χ0v) is 12.5. The van der Waals surface area contributed by atoms with Gasteiger partial charge in [-0.15, -0.1) is 0 Å². The Morgan fingerprint density at radius 1 is 1.55 bits per heavy atom. The van der Waals surface area contributed by atoms with E-state index in [4.69, 9.17) is 9.84 Å². The van der Waals surface area contributed by atoms with Crippen LogP contribution in [0.5, 0.6) is 0 Å². The van der Waals surface area contributed by atoms with Crippen LogP contribution in [-0.4, -0.2) is 41.7 Å². The lowest BCUT2D eigenvalue weighted by atomic mass is 9.82. The summed E-state index contributed by atoms with van der Waals surface area (Å²) >= 11 is 0. The highest BCUT2D eigenvalue weighted by molar-refractivity contribution is 5.79. The van der Waals surface area contributed by atoms with Crippen LogP contribution in [0.2, 0.25) is 0 Å². The van der Waals surface area contributed by atoms with E-state index in [2.05, 4.69) is 4.98 Å². The van der Waals surface area contributed by atoms with Crippen molar-refractivity contribution in [3.05, 3.63) is 23.4 Å². The van der Waals surface area contributed by atoms with Gasteiger partial charge >= 0.3 is 11.9 Å². The van der Waals surface area contributed by atoms with Crippen LogP contribution in [0, 0.1) is 16.7 Å². The van der Waals surface area contributed by atoms with E-state index in [0.29, 0.717) is 36.6 Å². The number of aromatic nitrogens is 1. The summed E-state index contributed by atoms with van der Waals surface area (Å²) < 4.78 is 4.86. The Morgan fingerprint density at radius 3 is 2.77 bits per heavy atom. The first-order valence-corrected chi connectivity index (χ1v) is 6.92. The van der Waals surface area contributed by atoms with E-state index in [1.54, 1.807) is 24.8 Å². The lowest BCUT2D eigenvalue weighted by Crippen LogP contribution is -2.59. The molecule has 1 aromatic rings. The number of hydrogen-bond acceptors (Lipinski definition) is 6.